The highest BCUT2D eigenvalue weighted by molar-refractivity contribution is 6.44. The van der Waals surface area contributed by atoms with Crippen molar-refractivity contribution >= 4 is 23.3 Å². The monoisotopic (exact) mass is 520 g/mol. The van der Waals surface area contributed by atoms with Gasteiger partial charge in [-0.2, -0.15) is 5.53 Å². The molecule has 3 heterocycles. The Morgan fingerprint density at radius 1 is 1.14 bits per heavy atom. The number of hydrazine groups is 2. The topological polar surface area (TPSA) is 116 Å². The summed E-state index contributed by atoms with van der Waals surface area (Å²) in [6.07, 6.45) is 0.0926. The van der Waals surface area contributed by atoms with E-state index in [4.69, 9.17) is 0 Å². The fourth-order valence-corrected chi connectivity index (χ4v) is 6.06. The number of benzene rings is 1. The molecule has 2 aliphatic carbocycles. The summed E-state index contributed by atoms with van der Waals surface area (Å²) in [4.78, 5) is 39.8. The van der Waals surface area contributed by atoms with Crippen molar-refractivity contribution in [2.45, 2.75) is 56.2 Å². The summed E-state index contributed by atoms with van der Waals surface area (Å²) in [6.45, 7) is 1.81. The van der Waals surface area contributed by atoms with Crippen LogP contribution >= 0.6 is 0 Å². The van der Waals surface area contributed by atoms with Gasteiger partial charge in [0.25, 0.3) is 23.5 Å². The van der Waals surface area contributed by atoms with Crippen LogP contribution in [0.1, 0.15) is 57.4 Å². The number of carbonyl (C=O) groups excluding carboxylic acids is 3. The third kappa shape index (κ3) is 3.83. The molecule has 1 aromatic heterocycles. The predicted molar refractivity (Wildman–Crippen MR) is 122 cm³/mol. The van der Waals surface area contributed by atoms with Crippen molar-refractivity contribution in [1.82, 2.24) is 26.3 Å². The van der Waals surface area contributed by atoms with Crippen LogP contribution in [0.25, 0.3) is 0 Å². The molecular weight excluding hydrogens is 496 g/mol. The summed E-state index contributed by atoms with van der Waals surface area (Å²) in [5, 5.41) is 5.09. The number of carbonyl (C=O) groups is 3. The molecule has 4 aliphatic rings. The minimum absolute atomic E-state index is 0.000480. The van der Waals surface area contributed by atoms with Gasteiger partial charge in [-0.3, -0.25) is 14.4 Å². The maximum absolute atomic E-state index is 13.9. The lowest BCUT2D eigenvalue weighted by Gasteiger charge is -2.50. The number of amides is 2. The lowest BCUT2D eigenvalue weighted by Crippen LogP contribution is -2.72. The van der Waals surface area contributed by atoms with E-state index in [1.54, 1.807) is 11.5 Å². The average Bonchev–Trinajstić information content (AvgIpc) is 3.13. The van der Waals surface area contributed by atoms with Crippen molar-refractivity contribution in [3.63, 3.8) is 0 Å². The van der Waals surface area contributed by atoms with E-state index in [1.165, 1.54) is 6.07 Å². The molecule has 6 rings (SSSR count). The zero-order valence-corrected chi connectivity index (χ0v) is 19.7. The maximum atomic E-state index is 13.9. The Bertz CT molecular complexity index is 1340. The van der Waals surface area contributed by atoms with Crippen LogP contribution in [-0.2, 0) is 11.2 Å². The number of hydrogen-bond donors (Lipinski definition) is 5. The van der Waals surface area contributed by atoms with Crippen LogP contribution < -0.4 is 27.0 Å². The van der Waals surface area contributed by atoms with Gasteiger partial charge in [-0.1, -0.05) is 0 Å². The Morgan fingerprint density at radius 3 is 2.54 bits per heavy atom. The number of anilines is 1. The van der Waals surface area contributed by atoms with Gasteiger partial charge in [0, 0.05) is 42.9 Å². The summed E-state index contributed by atoms with van der Waals surface area (Å²) >= 11 is 0. The largest absolute Gasteiger partial charge is 0.342 e. The number of aromatic nitrogens is 1. The normalized spacial score (nSPS) is 26.1. The number of alkyl halides is 2. The van der Waals surface area contributed by atoms with Gasteiger partial charge in [-0.15, -0.1) is 0 Å². The summed E-state index contributed by atoms with van der Waals surface area (Å²) in [5.41, 5.74) is 7.99. The van der Waals surface area contributed by atoms with Gasteiger partial charge < -0.3 is 15.2 Å². The minimum atomic E-state index is -2.96. The lowest BCUT2D eigenvalue weighted by atomic mass is 9.68. The maximum Gasteiger partial charge on any atom is 0.292 e. The number of ketones is 1. The van der Waals surface area contributed by atoms with Crippen LogP contribution in [0.2, 0.25) is 0 Å². The van der Waals surface area contributed by atoms with Crippen LogP contribution in [0.3, 0.4) is 0 Å². The highest BCUT2D eigenvalue weighted by Gasteiger charge is 2.62. The quantitative estimate of drug-likeness (QED) is 0.226. The Morgan fingerprint density at radius 2 is 1.89 bits per heavy atom. The van der Waals surface area contributed by atoms with Crippen molar-refractivity contribution < 1.29 is 31.9 Å². The molecule has 2 aliphatic heterocycles. The van der Waals surface area contributed by atoms with Crippen molar-refractivity contribution in [3.05, 3.63) is 52.3 Å². The molecule has 2 saturated carbocycles. The van der Waals surface area contributed by atoms with Gasteiger partial charge in [-0.25, -0.2) is 28.4 Å². The fraction of sp³-hybridized carbons (Fsp3) is 0.458. The van der Waals surface area contributed by atoms with Gasteiger partial charge in [0.15, 0.2) is 11.6 Å². The number of nitrogens with one attached hydrogen (secondary N) is 5. The van der Waals surface area contributed by atoms with Gasteiger partial charge in [0.2, 0.25) is 0 Å². The first-order valence-corrected chi connectivity index (χ1v) is 12.0. The van der Waals surface area contributed by atoms with Crippen LogP contribution in [0.4, 0.5) is 23.2 Å². The second-order valence-electron chi connectivity index (χ2n) is 10.4. The van der Waals surface area contributed by atoms with Crippen LogP contribution in [0, 0.1) is 24.5 Å². The number of nitrogens with zero attached hydrogens (tertiary/aromatic N) is 1. The SMILES string of the molecule is Cc1c(C(=O)C(=O)NC2(C3CNNN3)CC(F)(F)C2)c2n(c1C(=O)Nc1ccc(F)c(F)c1)[C@@H]1C[C@@H]1C2. The number of Topliss-reactive ketones (excluding diaryl/α,β-unsaturated/α-hetero) is 1. The molecule has 9 nitrogen and oxygen atoms in total. The molecule has 0 bridgehead atoms. The van der Waals surface area contributed by atoms with E-state index in [-0.39, 0.29) is 41.0 Å². The highest BCUT2D eigenvalue weighted by Crippen LogP contribution is 2.54. The smallest absolute Gasteiger partial charge is 0.292 e. The zero-order valence-electron chi connectivity index (χ0n) is 19.7. The van der Waals surface area contributed by atoms with E-state index in [0.29, 0.717) is 12.1 Å². The number of fused-ring (bicyclic) bond motifs is 3. The first-order chi connectivity index (χ1) is 17.5. The molecule has 0 spiro atoms. The minimum Gasteiger partial charge on any atom is -0.342 e. The Hall–Kier alpha value is -3.29. The Balaban J connectivity index is 1.29. The molecule has 1 unspecified atom stereocenters. The summed E-state index contributed by atoms with van der Waals surface area (Å²) in [5.74, 6) is -7.45. The average molecular weight is 520 g/mol. The predicted octanol–water partition coefficient (Wildman–Crippen LogP) is 1.89. The van der Waals surface area contributed by atoms with E-state index >= 15 is 0 Å². The second-order valence-corrected chi connectivity index (χ2v) is 10.4. The Kier molecular flexibility index (Phi) is 5.27. The van der Waals surface area contributed by atoms with Crippen molar-refractivity contribution in [3.8, 4) is 0 Å². The van der Waals surface area contributed by atoms with E-state index in [0.717, 1.165) is 18.6 Å². The van der Waals surface area contributed by atoms with Gasteiger partial charge in [-0.05, 0) is 43.4 Å². The van der Waals surface area contributed by atoms with E-state index in [1.807, 2.05) is 0 Å². The first kappa shape index (κ1) is 24.1. The summed E-state index contributed by atoms with van der Waals surface area (Å²) < 4.78 is 56.4. The van der Waals surface area contributed by atoms with Gasteiger partial charge in [0.05, 0.1) is 17.1 Å². The number of halogens is 4. The Labute approximate surface area is 208 Å². The number of rotatable bonds is 6. The molecular formula is C24H24F4N6O3. The molecule has 37 heavy (non-hydrogen) atoms. The van der Waals surface area contributed by atoms with Crippen LogP contribution in [0.15, 0.2) is 18.2 Å². The van der Waals surface area contributed by atoms with Gasteiger partial charge >= 0.3 is 0 Å². The van der Waals surface area contributed by atoms with E-state index < -0.39 is 59.6 Å². The molecule has 2 amide bonds. The third-order valence-electron chi connectivity index (χ3n) is 7.87. The van der Waals surface area contributed by atoms with Crippen LogP contribution in [-0.4, -0.2) is 46.2 Å². The second kappa shape index (κ2) is 8.10. The third-order valence-corrected chi connectivity index (χ3v) is 7.87. The molecule has 2 aromatic rings. The van der Waals surface area contributed by atoms with Crippen LogP contribution in [0.5, 0.6) is 0 Å². The summed E-state index contributed by atoms with van der Waals surface area (Å²) in [7, 11) is 0. The van der Waals surface area contributed by atoms with Crippen molar-refractivity contribution in [2.75, 3.05) is 11.9 Å². The standard InChI is InChI=1S/C24H24F4N6O3/c1-10-18(20(35)22(37)31-23(8-24(27,28)9-23)17-7-29-33-32-17)16-5-11-4-15(11)34(16)19(10)21(36)30-12-2-3-13(25)14(26)6-12/h2-3,6,11,15,17,29,32-33H,4-5,7-9H2,1H3,(H,30,36)(H,31,37)/t11-,15-,17?/m1/s1. The molecule has 13 heteroatoms. The number of hydrogen-bond acceptors (Lipinski definition) is 6. The van der Waals surface area contributed by atoms with E-state index in [2.05, 4.69) is 27.0 Å². The van der Waals surface area contributed by atoms with Crippen molar-refractivity contribution in [1.29, 1.82) is 0 Å². The van der Waals surface area contributed by atoms with E-state index in [9.17, 15) is 31.9 Å². The molecule has 0 radical (unpaired) electrons. The lowest BCUT2D eigenvalue weighted by molar-refractivity contribution is -0.151. The fourth-order valence-electron chi connectivity index (χ4n) is 6.06. The first-order valence-electron chi connectivity index (χ1n) is 12.0. The zero-order chi connectivity index (χ0) is 26.3. The summed E-state index contributed by atoms with van der Waals surface area (Å²) in [6, 6.07) is 2.40. The molecule has 3 atom stereocenters. The molecule has 1 aromatic carbocycles. The molecule has 5 N–H and O–H groups in total. The highest BCUT2D eigenvalue weighted by atomic mass is 19.3. The molecule has 3 fully saturated rings. The van der Waals surface area contributed by atoms with Crippen molar-refractivity contribution in [2.24, 2.45) is 5.92 Å². The molecule has 1 saturated heterocycles. The van der Waals surface area contributed by atoms with Gasteiger partial charge in [0.1, 0.15) is 5.69 Å². The molecule has 196 valence electrons.